The van der Waals surface area contributed by atoms with Crippen molar-refractivity contribution in [3.05, 3.63) is 23.8 Å². The van der Waals surface area contributed by atoms with Crippen LogP contribution in [0.2, 0.25) is 0 Å². The van der Waals surface area contributed by atoms with Gasteiger partial charge in [0.1, 0.15) is 13.2 Å². The normalized spacial score (nSPS) is 19.1. The van der Waals surface area contributed by atoms with Gasteiger partial charge in [0, 0.05) is 12.5 Å². The Morgan fingerprint density at radius 2 is 2.10 bits per heavy atom. The largest absolute Gasteiger partial charge is 0.486 e. The fourth-order valence-electron chi connectivity index (χ4n) is 2.43. The highest BCUT2D eigenvalue weighted by molar-refractivity contribution is 5.78. The zero-order valence-corrected chi connectivity index (χ0v) is 11.6. The van der Waals surface area contributed by atoms with E-state index in [9.17, 15) is 4.79 Å². The smallest absolute Gasteiger partial charge is 0.223 e. The van der Waals surface area contributed by atoms with E-state index in [0.717, 1.165) is 30.2 Å². The highest BCUT2D eigenvalue weighted by Crippen LogP contribution is 2.30. The molecule has 2 aliphatic rings. The summed E-state index contributed by atoms with van der Waals surface area (Å²) >= 11 is 0. The van der Waals surface area contributed by atoms with Crippen LogP contribution in [0.15, 0.2) is 18.2 Å². The maximum Gasteiger partial charge on any atom is 0.223 e. The van der Waals surface area contributed by atoms with Crippen LogP contribution in [-0.4, -0.2) is 32.2 Å². The predicted molar refractivity (Wildman–Crippen MR) is 74.8 cm³/mol. The summed E-state index contributed by atoms with van der Waals surface area (Å²) in [6.07, 6.45) is 0. The molecule has 2 aliphatic heterocycles. The van der Waals surface area contributed by atoms with Gasteiger partial charge in [-0.3, -0.25) is 4.79 Å². The van der Waals surface area contributed by atoms with Gasteiger partial charge in [0.15, 0.2) is 11.5 Å². The van der Waals surface area contributed by atoms with Crippen molar-refractivity contribution in [1.82, 2.24) is 10.6 Å². The summed E-state index contributed by atoms with van der Waals surface area (Å²) < 4.78 is 11.0. The second-order valence-corrected chi connectivity index (χ2v) is 5.40. The Labute approximate surface area is 118 Å². The lowest BCUT2D eigenvalue weighted by Crippen LogP contribution is -2.49. The van der Waals surface area contributed by atoms with Crippen molar-refractivity contribution in [1.29, 1.82) is 0 Å². The van der Waals surface area contributed by atoms with Crippen LogP contribution in [-0.2, 0) is 11.3 Å². The number of rotatable bonds is 4. The van der Waals surface area contributed by atoms with E-state index in [1.807, 2.05) is 25.1 Å². The number of carbonyl (C=O) groups excluding carboxylic acids is 1. The first-order chi connectivity index (χ1) is 9.74. The van der Waals surface area contributed by atoms with Crippen LogP contribution in [0, 0.1) is 11.8 Å². The molecule has 0 aliphatic carbocycles. The Morgan fingerprint density at radius 3 is 2.80 bits per heavy atom. The fourth-order valence-corrected chi connectivity index (χ4v) is 2.43. The third-order valence-electron chi connectivity index (χ3n) is 4.01. The zero-order chi connectivity index (χ0) is 13.9. The van der Waals surface area contributed by atoms with Crippen molar-refractivity contribution in [2.24, 2.45) is 11.8 Å². The first kappa shape index (κ1) is 13.2. The summed E-state index contributed by atoms with van der Waals surface area (Å²) in [5, 5.41) is 6.19. The van der Waals surface area contributed by atoms with Crippen molar-refractivity contribution in [3.8, 4) is 11.5 Å². The van der Waals surface area contributed by atoms with E-state index in [4.69, 9.17) is 9.47 Å². The summed E-state index contributed by atoms with van der Waals surface area (Å²) in [6.45, 7) is 5.58. The minimum atomic E-state index is 0.0634. The number of fused-ring (bicyclic) bond motifs is 1. The van der Waals surface area contributed by atoms with Gasteiger partial charge in [-0.15, -0.1) is 0 Å². The molecule has 3 rings (SSSR count). The molecular formula is C15H20N2O3. The van der Waals surface area contributed by atoms with Gasteiger partial charge in [0.2, 0.25) is 5.91 Å². The molecule has 0 saturated carbocycles. The first-order valence-electron chi connectivity index (χ1n) is 7.11. The second-order valence-electron chi connectivity index (χ2n) is 5.40. The van der Waals surface area contributed by atoms with E-state index < -0.39 is 0 Å². The predicted octanol–water partition coefficient (Wildman–Crippen LogP) is 0.929. The van der Waals surface area contributed by atoms with Crippen molar-refractivity contribution in [2.45, 2.75) is 13.5 Å². The lowest BCUT2D eigenvalue weighted by atomic mass is 9.88. The Morgan fingerprint density at radius 1 is 1.35 bits per heavy atom. The molecule has 108 valence electrons. The van der Waals surface area contributed by atoms with Crippen molar-refractivity contribution < 1.29 is 14.3 Å². The summed E-state index contributed by atoms with van der Waals surface area (Å²) in [7, 11) is 0. The van der Waals surface area contributed by atoms with Gasteiger partial charge in [-0.1, -0.05) is 13.0 Å². The molecule has 5 heteroatoms. The Hall–Kier alpha value is -1.75. The van der Waals surface area contributed by atoms with Gasteiger partial charge in [-0.25, -0.2) is 0 Å². The molecular weight excluding hydrogens is 256 g/mol. The molecule has 1 amide bonds. The summed E-state index contributed by atoms with van der Waals surface area (Å²) in [5.74, 6) is 2.19. The maximum absolute atomic E-state index is 12.0. The van der Waals surface area contributed by atoms with Gasteiger partial charge < -0.3 is 20.1 Å². The van der Waals surface area contributed by atoms with Crippen LogP contribution in [0.1, 0.15) is 12.5 Å². The van der Waals surface area contributed by atoms with E-state index in [2.05, 4.69) is 10.6 Å². The van der Waals surface area contributed by atoms with E-state index in [1.165, 1.54) is 0 Å². The lowest BCUT2D eigenvalue weighted by molar-refractivity contribution is -0.126. The number of amides is 1. The molecule has 0 spiro atoms. The molecule has 1 saturated heterocycles. The zero-order valence-electron chi connectivity index (χ0n) is 11.6. The molecule has 2 N–H and O–H groups in total. The SMILES string of the molecule is CC(C(=O)NCc1ccc2c(c1)OCCO2)C1CNC1. The Balaban J connectivity index is 1.56. The topological polar surface area (TPSA) is 59.6 Å². The molecule has 20 heavy (non-hydrogen) atoms. The Bertz CT molecular complexity index is 500. The quantitative estimate of drug-likeness (QED) is 0.859. The van der Waals surface area contributed by atoms with Crippen molar-refractivity contribution >= 4 is 5.91 Å². The maximum atomic E-state index is 12.0. The molecule has 0 aromatic heterocycles. The van der Waals surface area contributed by atoms with Crippen LogP contribution >= 0.6 is 0 Å². The van der Waals surface area contributed by atoms with Crippen LogP contribution in [0.25, 0.3) is 0 Å². The molecule has 0 bridgehead atoms. The third-order valence-corrected chi connectivity index (χ3v) is 4.01. The van der Waals surface area contributed by atoms with Gasteiger partial charge in [-0.2, -0.15) is 0 Å². The van der Waals surface area contributed by atoms with Crippen LogP contribution in [0.4, 0.5) is 0 Å². The highest BCUT2D eigenvalue weighted by atomic mass is 16.6. The highest BCUT2D eigenvalue weighted by Gasteiger charge is 2.28. The third kappa shape index (κ3) is 2.72. The van der Waals surface area contributed by atoms with Crippen LogP contribution in [0.3, 0.4) is 0 Å². The monoisotopic (exact) mass is 276 g/mol. The molecule has 1 aromatic carbocycles. The van der Waals surface area contributed by atoms with Crippen molar-refractivity contribution in [3.63, 3.8) is 0 Å². The van der Waals surface area contributed by atoms with E-state index in [1.54, 1.807) is 0 Å². The van der Waals surface area contributed by atoms with Crippen LogP contribution in [0.5, 0.6) is 11.5 Å². The van der Waals surface area contributed by atoms with E-state index in [0.29, 0.717) is 25.7 Å². The van der Waals surface area contributed by atoms with Crippen molar-refractivity contribution in [2.75, 3.05) is 26.3 Å². The molecule has 1 aromatic rings. The number of hydrogen-bond donors (Lipinski definition) is 2. The Kier molecular flexibility index (Phi) is 3.78. The van der Waals surface area contributed by atoms with Gasteiger partial charge in [0.25, 0.3) is 0 Å². The summed E-state index contributed by atoms with van der Waals surface area (Å²) in [6, 6.07) is 5.79. The van der Waals surface area contributed by atoms with Crippen LogP contribution < -0.4 is 20.1 Å². The summed E-state index contributed by atoms with van der Waals surface area (Å²) in [4.78, 5) is 12.0. The first-order valence-corrected chi connectivity index (χ1v) is 7.11. The molecule has 1 atom stereocenters. The molecule has 5 nitrogen and oxygen atoms in total. The number of ether oxygens (including phenoxy) is 2. The number of nitrogens with one attached hydrogen (secondary N) is 2. The van der Waals surface area contributed by atoms with E-state index in [-0.39, 0.29) is 11.8 Å². The average molecular weight is 276 g/mol. The van der Waals surface area contributed by atoms with Gasteiger partial charge >= 0.3 is 0 Å². The van der Waals surface area contributed by atoms with E-state index >= 15 is 0 Å². The average Bonchev–Trinajstić information content (AvgIpc) is 2.42. The molecule has 0 radical (unpaired) electrons. The molecule has 1 fully saturated rings. The molecule has 1 unspecified atom stereocenters. The van der Waals surface area contributed by atoms with Gasteiger partial charge in [0.05, 0.1) is 0 Å². The molecule has 2 heterocycles. The van der Waals surface area contributed by atoms with Gasteiger partial charge in [-0.05, 0) is 36.7 Å². The number of carbonyl (C=O) groups is 1. The fraction of sp³-hybridized carbons (Fsp3) is 0.533. The minimum Gasteiger partial charge on any atom is -0.486 e. The summed E-state index contributed by atoms with van der Waals surface area (Å²) in [5.41, 5.74) is 1.03. The minimum absolute atomic E-state index is 0.0634. The second kappa shape index (κ2) is 5.71. The number of hydrogen-bond acceptors (Lipinski definition) is 4. The standard InChI is InChI=1S/C15H20N2O3/c1-10(12-8-16-9-12)15(18)17-7-11-2-3-13-14(6-11)20-5-4-19-13/h2-3,6,10,12,16H,4-5,7-9H2,1H3,(H,17,18). The number of benzene rings is 1. The lowest BCUT2D eigenvalue weighted by Gasteiger charge is -2.31.